The van der Waals surface area contributed by atoms with Gasteiger partial charge in [0, 0.05) is 23.9 Å². The fraction of sp³-hybridized carbons (Fsp3) is 0.920. The van der Waals surface area contributed by atoms with Crippen LogP contribution in [0, 0.1) is 0 Å². The molecule has 174 valence electrons. The maximum absolute atomic E-state index is 12.6. The van der Waals surface area contributed by atoms with Gasteiger partial charge in [-0.15, -0.1) is 0 Å². The number of nitrogens with zero attached hydrogens (tertiary/aromatic N) is 2. The summed E-state index contributed by atoms with van der Waals surface area (Å²) in [5.74, 6) is -0.0971. The monoisotopic (exact) mass is 422 g/mol. The molecule has 2 atom stereocenters. The van der Waals surface area contributed by atoms with E-state index in [-0.39, 0.29) is 23.5 Å². The molecule has 5 nitrogen and oxygen atoms in total. The highest BCUT2D eigenvalue weighted by Gasteiger charge is 2.52. The van der Waals surface area contributed by atoms with Crippen LogP contribution < -0.4 is 0 Å². The Morgan fingerprint density at radius 2 is 1.40 bits per heavy atom. The zero-order valence-electron chi connectivity index (χ0n) is 20.2. The predicted molar refractivity (Wildman–Crippen MR) is 122 cm³/mol. The second-order valence-electron chi connectivity index (χ2n) is 10.6. The van der Waals surface area contributed by atoms with E-state index in [2.05, 4.69) is 39.5 Å². The zero-order valence-corrected chi connectivity index (χ0v) is 20.2. The van der Waals surface area contributed by atoms with Crippen molar-refractivity contribution in [2.24, 2.45) is 0 Å². The van der Waals surface area contributed by atoms with Gasteiger partial charge in [0.2, 0.25) is 11.8 Å². The molecule has 2 aliphatic rings. The molecule has 2 aliphatic heterocycles. The Morgan fingerprint density at radius 3 is 1.93 bits per heavy atom. The number of piperidine rings is 1. The fourth-order valence-electron chi connectivity index (χ4n) is 5.63. The lowest BCUT2D eigenvalue weighted by Crippen LogP contribution is -2.70. The van der Waals surface area contributed by atoms with Crippen LogP contribution in [0.3, 0.4) is 0 Å². The van der Waals surface area contributed by atoms with Crippen molar-refractivity contribution in [3.8, 4) is 0 Å². The van der Waals surface area contributed by atoms with E-state index in [4.69, 9.17) is 0 Å². The summed E-state index contributed by atoms with van der Waals surface area (Å²) in [6.07, 6.45) is 13.6. The summed E-state index contributed by atoms with van der Waals surface area (Å²) >= 11 is 0. The molecule has 0 radical (unpaired) electrons. The molecule has 2 fully saturated rings. The largest absolute Gasteiger partial charge is 0.391 e. The van der Waals surface area contributed by atoms with E-state index < -0.39 is 11.6 Å². The van der Waals surface area contributed by atoms with Crippen LogP contribution >= 0.6 is 0 Å². The molecule has 1 N–H and O–H groups in total. The van der Waals surface area contributed by atoms with E-state index in [0.29, 0.717) is 12.8 Å². The minimum absolute atomic E-state index is 0.0485. The number of aliphatic hydroxyl groups is 1. The molecule has 0 bridgehead atoms. The summed E-state index contributed by atoms with van der Waals surface area (Å²) in [7, 11) is 0. The highest BCUT2D eigenvalue weighted by molar-refractivity contribution is 6.02. The molecule has 2 heterocycles. The van der Waals surface area contributed by atoms with Gasteiger partial charge in [-0.2, -0.15) is 0 Å². The van der Waals surface area contributed by atoms with Crippen LogP contribution in [0.5, 0.6) is 0 Å². The van der Waals surface area contributed by atoms with Crippen molar-refractivity contribution in [3.05, 3.63) is 0 Å². The molecular weight excluding hydrogens is 376 g/mol. The number of rotatable bonds is 12. The van der Waals surface area contributed by atoms with E-state index in [1.165, 1.54) is 49.8 Å². The van der Waals surface area contributed by atoms with E-state index in [1.54, 1.807) is 0 Å². The molecule has 2 saturated heterocycles. The molecule has 30 heavy (non-hydrogen) atoms. The average Bonchev–Trinajstić information content (AvgIpc) is 3.00. The van der Waals surface area contributed by atoms with Crippen molar-refractivity contribution >= 4 is 11.8 Å². The quantitative estimate of drug-likeness (QED) is 0.338. The molecule has 0 aromatic rings. The topological polar surface area (TPSA) is 60.9 Å². The number of hydrogen-bond donors (Lipinski definition) is 1. The number of imide groups is 1. The van der Waals surface area contributed by atoms with E-state index >= 15 is 0 Å². The van der Waals surface area contributed by atoms with Crippen molar-refractivity contribution < 1.29 is 14.7 Å². The smallest absolute Gasteiger partial charge is 0.231 e. The average molecular weight is 423 g/mol. The van der Waals surface area contributed by atoms with Gasteiger partial charge in [0.25, 0.3) is 0 Å². The standard InChI is InChI=1S/C25H46N2O3/c1-6-7-8-9-10-11-12-13-14-15-21(26-22(29)16-17-23(26)30)27-24(2,3)19-18-20(28)25(27,4)5/h20-21,28H,6-19H2,1-5H3. The molecular formula is C25H46N2O3. The Hall–Kier alpha value is -0.940. The van der Waals surface area contributed by atoms with Crippen molar-refractivity contribution in [3.63, 3.8) is 0 Å². The molecule has 2 rings (SSSR count). The molecule has 0 aromatic heterocycles. The molecule has 0 spiro atoms. The van der Waals surface area contributed by atoms with E-state index in [9.17, 15) is 14.7 Å². The van der Waals surface area contributed by atoms with Gasteiger partial charge in [-0.25, -0.2) is 0 Å². The minimum atomic E-state index is -0.477. The Bertz CT molecular complexity index is 557. The number of hydrogen-bond acceptors (Lipinski definition) is 4. The van der Waals surface area contributed by atoms with Crippen LogP contribution in [0.1, 0.15) is 125 Å². The highest BCUT2D eigenvalue weighted by Crippen LogP contribution is 2.42. The van der Waals surface area contributed by atoms with Crippen molar-refractivity contribution in [1.29, 1.82) is 0 Å². The molecule has 2 unspecified atom stereocenters. The summed E-state index contributed by atoms with van der Waals surface area (Å²) in [6, 6.07) is 0. The molecule has 2 amide bonds. The van der Waals surface area contributed by atoms with Gasteiger partial charge >= 0.3 is 0 Å². The first-order valence-corrected chi connectivity index (χ1v) is 12.5. The molecule has 5 heteroatoms. The van der Waals surface area contributed by atoms with Gasteiger partial charge in [-0.3, -0.25) is 19.4 Å². The lowest BCUT2D eigenvalue weighted by Gasteiger charge is -2.59. The first-order valence-electron chi connectivity index (χ1n) is 12.5. The third-order valence-electron chi connectivity index (χ3n) is 7.37. The van der Waals surface area contributed by atoms with Gasteiger partial charge in [-0.1, -0.05) is 64.7 Å². The third kappa shape index (κ3) is 6.06. The number of likely N-dealkylation sites (tertiary alicyclic amines) is 2. The normalized spacial score (nSPS) is 25.1. The maximum Gasteiger partial charge on any atom is 0.231 e. The van der Waals surface area contributed by atoms with Crippen LogP contribution in [0.2, 0.25) is 0 Å². The van der Waals surface area contributed by atoms with Crippen LogP contribution in [-0.2, 0) is 9.59 Å². The first kappa shape index (κ1) is 25.3. The van der Waals surface area contributed by atoms with Crippen molar-refractivity contribution in [2.75, 3.05) is 0 Å². The minimum Gasteiger partial charge on any atom is -0.391 e. The molecule has 0 saturated carbocycles. The Morgan fingerprint density at radius 1 is 0.900 bits per heavy atom. The lowest BCUT2D eigenvalue weighted by atomic mass is 9.76. The van der Waals surface area contributed by atoms with Gasteiger partial charge in [-0.05, 0) is 47.0 Å². The summed E-state index contributed by atoms with van der Waals surface area (Å²) in [4.78, 5) is 29.1. The van der Waals surface area contributed by atoms with E-state index in [1.807, 2.05) is 0 Å². The summed E-state index contributed by atoms with van der Waals surface area (Å²) in [5, 5.41) is 10.8. The Labute approximate surface area is 184 Å². The van der Waals surface area contributed by atoms with Crippen LogP contribution in [-0.4, -0.2) is 50.1 Å². The number of carbonyl (C=O) groups excluding carboxylic acids is 2. The van der Waals surface area contributed by atoms with Crippen molar-refractivity contribution in [2.45, 2.75) is 148 Å². The molecule has 0 aliphatic carbocycles. The third-order valence-corrected chi connectivity index (χ3v) is 7.37. The van der Waals surface area contributed by atoms with Gasteiger partial charge in [0.1, 0.15) is 0 Å². The van der Waals surface area contributed by atoms with Crippen LogP contribution in [0.4, 0.5) is 0 Å². The lowest BCUT2D eigenvalue weighted by molar-refractivity contribution is -0.175. The van der Waals surface area contributed by atoms with Crippen LogP contribution in [0.15, 0.2) is 0 Å². The second kappa shape index (κ2) is 11.1. The Kier molecular flexibility index (Phi) is 9.35. The predicted octanol–water partition coefficient (Wildman–Crippen LogP) is 5.40. The van der Waals surface area contributed by atoms with E-state index in [0.717, 1.165) is 32.1 Å². The SMILES string of the molecule is CCCCCCCCCCCC(N1C(=O)CCC1=O)N1C(C)(C)CCC(O)C1(C)C. The number of amides is 2. The highest BCUT2D eigenvalue weighted by atomic mass is 16.3. The van der Waals surface area contributed by atoms with Crippen molar-refractivity contribution in [1.82, 2.24) is 9.80 Å². The van der Waals surface area contributed by atoms with Crippen LogP contribution in [0.25, 0.3) is 0 Å². The summed E-state index contributed by atoms with van der Waals surface area (Å²) in [6.45, 7) is 10.7. The molecule has 0 aromatic carbocycles. The van der Waals surface area contributed by atoms with Gasteiger partial charge in [0.15, 0.2) is 0 Å². The van der Waals surface area contributed by atoms with Gasteiger partial charge in [0.05, 0.1) is 12.3 Å². The number of unbranched alkanes of at least 4 members (excludes halogenated alkanes) is 8. The first-order chi connectivity index (χ1) is 14.1. The van der Waals surface area contributed by atoms with Gasteiger partial charge < -0.3 is 5.11 Å². The number of aliphatic hydroxyl groups excluding tert-OH is 1. The summed E-state index contributed by atoms with van der Waals surface area (Å²) in [5.41, 5.74) is -0.648. The number of carbonyl (C=O) groups is 2. The maximum atomic E-state index is 12.6. The Balaban J connectivity index is 2.03. The zero-order chi connectivity index (χ0) is 22.4. The second-order valence-corrected chi connectivity index (χ2v) is 10.6. The fourth-order valence-corrected chi connectivity index (χ4v) is 5.63. The summed E-state index contributed by atoms with van der Waals surface area (Å²) < 4.78 is 0.